The zero-order valence-electron chi connectivity index (χ0n) is 42.3. The molecule has 3 aliphatic rings. The van der Waals surface area contributed by atoms with Gasteiger partial charge in [-0.15, -0.1) is 5.11 Å². The summed E-state index contributed by atoms with van der Waals surface area (Å²) < 4.78 is 10.1. The first-order valence-corrected chi connectivity index (χ1v) is 26.4. The monoisotopic (exact) mass is 1060 g/mol. The number of fused-ring (bicyclic) bond motifs is 1. The second kappa shape index (κ2) is 27.9. The second-order valence-corrected chi connectivity index (χ2v) is 20.4. The standard InChI is InChI=1S/C52H68N10O12S/c1-4-73-51(71)45-44(74-45)50(70)58-37(25-29(2)3)49(69)57-38(27-30-12-19-34(63)20-13-30)48(68)55-24-22-31-14-21-40(64)36(26-31)62-61-33-17-15-32(16-18-33)47(67)56-35(46(53)66)9-7-8-23-54-42(65)11-6-5-10-41-43-39(28-75-41)59-52(72)60-43/h12-21,26,29,35,37-39,41,43-45,63-64H,4-11,22-25,27-28H2,1-3H3,(H2,53,66)(H,54,65)(H,55,68)(H,56,67)(H,57,69)(H,58,70)(H2,59,60,72)/t35-,37-,38-,39-,41-,43-,44-,45-/m0/s1. The van der Waals surface area contributed by atoms with E-state index in [1.165, 1.54) is 30.3 Å². The highest BCUT2D eigenvalue weighted by molar-refractivity contribution is 8.00. The van der Waals surface area contributed by atoms with E-state index in [9.17, 15) is 48.6 Å². The van der Waals surface area contributed by atoms with Crippen LogP contribution in [0.3, 0.4) is 0 Å². The summed E-state index contributed by atoms with van der Waals surface area (Å²) in [5.41, 5.74) is 7.68. The number of nitrogens with two attached hydrogens (primary N) is 1. The van der Waals surface area contributed by atoms with Crippen LogP contribution in [-0.4, -0.2) is 131 Å². The number of esters is 1. The topological polar surface area (TPSA) is 334 Å². The summed E-state index contributed by atoms with van der Waals surface area (Å²) in [6.45, 7) is 6.02. The van der Waals surface area contributed by atoms with Crippen LogP contribution in [0.5, 0.6) is 11.5 Å². The Hall–Kier alpha value is -7.27. The molecule has 0 spiro atoms. The Bertz CT molecular complexity index is 2530. The first kappa shape index (κ1) is 57.0. The summed E-state index contributed by atoms with van der Waals surface area (Å²) in [4.78, 5) is 102. The van der Waals surface area contributed by atoms with Gasteiger partial charge in [0.2, 0.25) is 23.6 Å². The van der Waals surface area contributed by atoms with Gasteiger partial charge in [-0.3, -0.25) is 28.8 Å². The number of thioether (sulfide) groups is 1. The highest BCUT2D eigenvalue weighted by Gasteiger charge is 2.52. The van der Waals surface area contributed by atoms with Crippen molar-refractivity contribution in [3.8, 4) is 11.5 Å². The predicted molar refractivity (Wildman–Crippen MR) is 277 cm³/mol. The fourth-order valence-electron chi connectivity index (χ4n) is 8.66. The molecule has 3 saturated heterocycles. The van der Waals surface area contributed by atoms with Gasteiger partial charge in [0, 0.05) is 42.5 Å². The lowest BCUT2D eigenvalue weighted by Crippen LogP contribution is -2.55. The van der Waals surface area contributed by atoms with Gasteiger partial charge in [0.15, 0.2) is 12.2 Å². The average molecular weight is 1060 g/mol. The van der Waals surface area contributed by atoms with Crippen LogP contribution in [0.4, 0.5) is 16.2 Å². The maximum atomic E-state index is 13.7. The average Bonchev–Trinajstić information content (AvgIpc) is 3.99. The molecule has 3 aromatic rings. The number of primary amides is 1. The van der Waals surface area contributed by atoms with Gasteiger partial charge in [0.1, 0.15) is 35.3 Å². The summed E-state index contributed by atoms with van der Waals surface area (Å²) in [6, 6.07) is 14.1. The molecule has 3 aromatic carbocycles. The molecule has 0 radical (unpaired) electrons. The summed E-state index contributed by atoms with van der Waals surface area (Å²) in [5, 5.41) is 49.0. The van der Waals surface area contributed by atoms with Gasteiger partial charge in [0.25, 0.3) is 11.8 Å². The van der Waals surface area contributed by atoms with E-state index in [1.54, 1.807) is 43.3 Å². The molecule has 0 bridgehead atoms. The Labute approximate surface area is 439 Å². The Kier molecular flexibility index (Phi) is 21.2. The van der Waals surface area contributed by atoms with Gasteiger partial charge in [-0.2, -0.15) is 16.9 Å². The number of phenols is 2. The minimum Gasteiger partial charge on any atom is -0.508 e. The van der Waals surface area contributed by atoms with Crippen molar-refractivity contribution in [3.63, 3.8) is 0 Å². The molecule has 0 saturated carbocycles. The third-order valence-electron chi connectivity index (χ3n) is 12.7. The second-order valence-electron chi connectivity index (χ2n) is 19.1. The van der Waals surface area contributed by atoms with Crippen molar-refractivity contribution in [2.24, 2.45) is 21.9 Å². The van der Waals surface area contributed by atoms with E-state index >= 15 is 0 Å². The largest absolute Gasteiger partial charge is 0.508 e. The number of nitrogens with zero attached hydrogens (tertiary/aromatic N) is 2. The zero-order valence-corrected chi connectivity index (χ0v) is 43.1. The fourth-order valence-corrected chi connectivity index (χ4v) is 10.2. The number of amides is 8. The van der Waals surface area contributed by atoms with E-state index in [0.29, 0.717) is 54.3 Å². The maximum absolute atomic E-state index is 13.7. The molecule has 3 heterocycles. The highest BCUT2D eigenvalue weighted by Crippen LogP contribution is 2.33. The summed E-state index contributed by atoms with van der Waals surface area (Å²) in [6.07, 6.45) is 2.78. The normalized spacial score (nSPS) is 19.7. The van der Waals surface area contributed by atoms with Crippen LogP contribution < -0.4 is 43.0 Å². The molecule has 23 heteroatoms. The molecule has 22 nitrogen and oxygen atoms in total. The number of azo groups is 1. The number of phenolic OH excluding ortho intramolecular Hbond substituents is 2. The lowest BCUT2D eigenvalue weighted by Gasteiger charge is -2.24. The summed E-state index contributed by atoms with van der Waals surface area (Å²) in [7, 11) is 0. The van der Waals surface area contributed by atoms with Crippen molar-refractivity contribution in [2.45, 2.75) is 133 Å². The lowest BCUT2D eigenvalue weighted by molar-refractivity contribution is -0.144. The SMILES string of the molecule is CCOC(=O)[C@H]1O[C@@H]1C(=O)N[C@@H](CC(C)C)C(=O)N[C@@H](Cc1ccc(O)cc1)C(=O)NCCc1ccc(O)c(N=Nc2ccc(C(=O)N[C@@H](CCCCNC(=O)CCCC[C@@H]3SC[C@@H]4NC(=O)N[C@@H]43)C(N)=O)cc2)c1. The van der Waals surface area contributed by atoms with Crippen molar-refractivity contribution in [2.75, 3.05) is 25.4 Å². The van der Waals surface area contributed by atoms with Crippen LogP contribution in [0.1, 0.15) is 93.6 Å². The molecule has 8 atom stereocenters. The molecule has 8 amide bonds. The number of ether oxygens (including phenoxy) is 2. The van der Waals surface area contributed by atoms with Crippen molar-refractivity contribution in [1.82, 2.24) is 37.2 Å². The number of nitrogens with one attached hydrogen (secondary N) is 7. The van der Waals surface area contributed by atoms with E-state index in [0.717, 1.165) is 25.0 Å². The van der Waals surface area contributed by atoms with E-state index in [1.807, 2.05) is 25.6 Å². The van der Waals surface area contributed by atoms with Crippen molar-refractivity contribution in [3.05, 3.63) is 83.4 Å². The molecular weight excluding hydrogens is 989 g/mol. The van der Waals surface area contributed by atoms with E-state index < -0.39 is 65.8 Å². The number of aromatic hydroxyl groups is 2. The molecular formula is C52H68N10O12S. The van der Waals surface area contributed by atoms with Crippen LogP contribution in [0.2, 0.25) is 0 Å². The number of rotatable bonds is 29. The van der Waals surface area contributed by atoms with Gasteiger partial charge in [-0.1, -0.05) is 38.5 Å². The Morgan fingerprint density at radius 2 is 1.56 bits per heavy atom. The Morgan fingerprint density at radius 1 is 0.813 bits per heavy atom. The van der Waals surface area contributed by atoms with Crippen molar-refractivity contribution >= 4 is 70.6 Å². The number of hydrogen-bond acceptors (Lipinski definition) is 15. The molecule has 404 valence electrons. The van der Waals surface area contributed by atoms with Crippen molar-refractivity contribution in [1.29, 1.82) is 0 Å². The highest BCUT2D eigenvalue weighted by atomic mass is 32.2. The number of epoxide rings is 1. The summed E-state index contributed by atoms with van der Waals surface area (Å²) in [5.74, 6) is -3.00. The minimum atomic E-state index is -1.10. The van der Waals surface area contributed by atoms with Crippen LogP contribution in [-0.2, 0) is 51.1 Å². The quantitative estimate of drug-likeness (QED) is 0.0157. The first-order valence-electron chi connectivity index (χ1n) is 25.4. The van der Waals surface area contributed by atoms with Gasteiger partial charge >= 0.3 is 12.0 Å². The zero-order chi connectivity index (χ0) is 54.0. The van der Waals surface area contributed by atoms with Gasteiger partial charge in [-0.05, 0) is 117 Å². The Balaban J connectivity index is 0.939. The number of benzene rings is 3. The van der Waals surface area contributed by atoms with E-state index in [4.69, 9.17) is 15.2 Å². The minimum absolute atomic E-state index is 0.0231. The predicted octanol–water partition coefficient (Wildman–Crippen LogP) is 3.36. The number of unbranched alkanes of at least 4 members (excludes halogenated alkanes) is 2. The number of carbonyl (C=O) groups is 8. The maximum Gasteiger partial charge on any atom is 0.338 e. The third-order valence-corrected chi connectivity index (χ3v) is 14.3. The van der Waals surface area contributed by atoms with Gasteiger partial charge in [-0.25, -0.2) is 9.59 Å². The molecule has 0 aliphatic carbocycles. The molecule has 3 fully saturated rings. The number of hydrogen-bond donors (Lipinski definition) is 10. The van der Waals surface area contributed by atoms with E-state index in [2.05, 4.69) is 47.4 Å². The fraction of sp³-hybridized carbons (Fsp3) is 0.500. The third kappa shape index (κ3) is 17.7. The molecule has 3 aliphatic heterocycles. The Morgan fingerprint density at radius 3 is 2.28 bits per heavy atom. The molecule has 0 aromatic heterocycles. The number of urea groups is 1. The molecule has 11 N–H and O–H groups in total. The van der Waals surface area contributed by atoms with Crippen LogP contribution >= 0.6 is 11.8 Å². The number of carbonyl (C=O) groups excluding carboxylic acids is 8. The van der Waals surface area contributed by atoms with E-state index in [-0.39, 0.29) is 85.1 Å². The van der Waals surface area contributed by atoms with Crippen molar-refractivity contribution < 1.29 is 58.0 Å². The van der Waals surface area contributed by atoms with Gasteiger partial charge < -0.3 is 62.6 Å². The van der Waals surface area contributed by atoms with Crippen LogP contribution in [0, 0.1) is 5.92 Å². The molecule has 75 heavy (non-hydrogen) atoms. The van der Waals surface area contributed by atoms with Gasteiger partial charge in [0.05, 0.1) is 24.4 Å². The van der Waals surface area contributed by atoms with Crippen LogP contribution in [0.25, 0.3) is 0 Å². The lowest BCUT2D eigenvalue weighted by atomic mass is 10.0. The molecule has 6 rings (SSSR count). The summed E-state index contributed by atoms with van der Waals surface area (Å²) >= 11 is 1.85. The molecule has 0 unspecified atom stereocenters. The van der Waals surface area contributed by atoms with Crippen LogP contribution in [0.15, 0.2) is 77.0 Å². The first-order chi connectivity index (χ1) is 36.0. The smallest absolute Gasteiger partial charge is 0.338 e.